The normalized spacial score (nSPS) is 16.1. The molecule has 3 rings (SSSR count). The molecule has 1 aliphatic heterocycles. The van der Waals surface area contributed by atoms with E-state index in [1.807, 2.05) is 44.2 Å². The van der Waals surface area contributed by atoms with Gasteiger partial charge in [0.25, 0.3) is 5.91 Å². The molecule has 0 bridgehead atoms. The number of benzene rings is 2. The molecule has 0 spiro atoms. The van der Waals surface area contributed by atoms with E-state index in [0.717, 1.165) is 67.6 Å². The number of ether oxygens (including phenoxy) is 1. The first-order chi connectivity index (χ1) is 15.8. The molecule has 0 aromatic heterocycles. The lowest BCUT2D eigenvalue weighted by Crippen LogP contribution is -2.64. The lowest BCUT2D eigenvalue weighted by Gasteiger charge is -2.45. The van der Waals surface area contributed by atoms with Crippen LogP contribution in [0.2, 0.25) is 0 Å². The summed E-state index contributed by atoms with van der Waals surface area (Å²) < 4.78 is 6.14. The number of quaternary nitrogens is 1. The number of hydrogen-bond donors (Lipinski definition) is 1. The SMILES string of the molecule is CCCC(C(=O)Nc1c(C)cc(C)cc1C)[N+]1(CC(=O)OCc2ccccc2)CCCCC1. The van der Waals surface area contributed by atoms with Crippen molar-refractivity contribution in [3.63, 3.8) is 0 Å². The van der Waals surface area contributed by atoms with E-state index in [2.05, 4.69) is 31.3 Å². The molecular weight excluding hydrogens is 412 g/mol. The van der Waals surface area contributed by atoms with E-state index < -0.39 is 0 Å². The maximum atomic E-state index is 13.7. The summed E-state index contributed by atoms with van der Waals surface area (Å²) >= 11 is 0. The van der Waals surface area contributed by atoms with Crippen molar-refractivity contribution in [1.82, 2.24) is 0 Å². The second-order valence-corrected chi connectivity index (χ2v) is 9.60. The van der Waals surface area contributed by atoms with Crippen LogP contribution in [0.5, 0.6) is 0 Å². The van der Waals surface area contributed by atoms with E-state index in [1.54, 1.807) is 0 Å². The van der Waals surface area contributed by atoms with E-state index in [4.69, 9.17) is 4.74 Å². The van der Waals surface area contributed by atoms with Crippen molar-refractivity contribution in [3.8, 4) is 0 Å². The summed E-state index contributed by atoms with van der Waals surface area (Å²) in [5, 5.41) is 3.24. The van der Waals surface area contributed by atoms with E-state index in [-0.39, 0.29) is 31.1 Å². The molecular formula is C28H39N2O3+. The van der Waals surface area contributed by atoms with Gasteiger partial charge in [-0.05, 0) is 63.1 Å². The first-order valence-corrected chi connectivity index (χ1v) is 12.3. The van der Waals surface area contributed by atoms with Crippen LogP contribution in [-0.2, 0) is 20.9 Å². The van der Waals surface area contributed by atoms with Crippen LogP contribution in [-0.4, -0.2) is 42.0 Å². The van der Waals surface area contributed by atoms with Crippen molar-refractivity contribution in [2.45, 2.75) is 72.4 Å². The van der Waals surface area contributed by atoms with Gasteiger partial charge in [-0.1, -0.05) is 55.0 Å². The van der Waals surface area contributed by atoms with Gasteiger partial charge in [-0.15, -0.1) is 0 Å². The Morgan fingerprint density at radius 1 is 1.00 bits per heavy atom. The predicted molar refractivity (Wildman–Crippen MR) is 133 cm³/mol. The third-order valence-electron chi connectivity index (χ3n) is 6.84. The molecule has 2 aromatic carbocycles. The number of amides is 1. The van der Waals surface area contributed by atoms with Crippen LogP contribution < -0.4 is 5.32 Å². The molecule has 178 valence electrons. The molecule has 0 saturated carbocycles. The minimum absolute atomic E-state index is 0.0182. The van der Waals surface area contributed by atoms with Crippen LogP contribution in [0.15, 0.2) is 42.5 Å². The molecule has 1 atom stereocenters. The summed E-state index contributed by atoms with van der Waals surface area (Å²) in [7, 11) is 0. The Morgan fingerprint density at radius 2 is 1.64 bits per heavy atom. The Balaban J connectivity index is 1.79. The molecule has 0 radical (unpaired) electrons. The molecule has 1 saturated heterocycles. The van der Waals surface area contributed by atoms with Gasteiger partial charge in [0, 0.05) is 12.1 Å². The number of piperidine rings is 1. The van der Waals surface area contributed by atoms with Gasteiger partial charge in [0.2, 0.25) is 0 Å². The fourth-order valence-corrected chi connectivity index (χ4v) is 5.27. The fourth-order valence-electron chi connectivity index (χ4n) is 5.27. The van der Waals surface area contributed by atoms with Crippen molar-refractivity contribution in [2.75, 3.05) is 25.0 Å². The van der Waals surface area contributed by atoms with Crippen LogP contribution in [0.4, 0.5) is 5.69 Å². The first-order valence-electron chi connectivity index (χ1n) is 12.3. The zero-order valence-corrected chi connectivity index (χ0v) is 20.7. The van der Waals surface area contributed by atoms with Gasteiger partial charge in [-0.2, -0.15) is 0 Å². The Hall–Kier alpha value is -2.66. The Labute approximate surface area is 198 Å². The summed E-state index contributed by atoms with van der Waals surface area (Å²) in [6, 6.07) is 13.7. The van der Waals surface area contributed by atoms with E-state index >= 15 is 0 Å². The maximum absolute atomic E-state index is 13.7. The number of aryl methyl sites for hydroxylation is 3. The second kappa shape index (κ2) is 11.5. The van der Waals surface area contributed by atoms with Crippen LogP contribution in [0.3, 0.4) is 0 Å². The van der Waals surface area contributed by atoms with Gasteiger partial charge in [-0.25, -0.2) is 4.79 Å². The van der Waals surface area contributed by atoms with Crippen LogP contribution in [0.1, 0.15) is 61.3 Å². The van der Waals surface area contributed by atoms with Gasteiger partial charge in [-0.3, -0.25) is 4.79 Å². The molecule has 2 aromatic rings. The third-order valence-corrected chi connectivity index (χ3v) is 6.84. The van der Waals surface area contributed by atoms with Crippen LogP contribution in [0.25, 0.3) is 0 Å². The number of hydrogen-bond acceptors (Lipinski definition) is 3. The van der Waals surface area contributed by atoms with Crippen LogP contribution >= 0.6 is 0 Å². The molecule has 33 heavy (non-hydrogen) atoms. The zero-order chi connectivity index (χ0) is 23.8. The summed E-state index contributed by atoms with van der Waals surface area (Å²) in [6.45, 7) is 10.4. The summed E-state index contributed by atoms with van der Waals surface area (Å²) in [5.74, 6) is -0.206. The molecule has 1 N–H and O–H groups in total. The summed E-state index contributed by atoms with van der Waals surface area (Å²) in [4.78, 5) is 26.6. The zero-order valence-electron chi connectivity index (χ0n) is 20.7. The van der Waals surface area contributed by atoms with Gasteiger partial charge >= 0.3 is 5.97 Å². The standard InChI is InChI=1S/C28H38N2O3/c1-5-12-25(28(32)29-27-22(3)17-21(2)18-23(27)4)30(15-10-7-11-16-30)19-26(31)33-20-24-13-8-6-9-14-24/h6,8-9,13-14,17-18,25H,5,7,10-12,15-16,19-20H2,1-4H3/p+1. The Bertz CT molecular complexity index is 926. The average Bonchev–Trinajstić information content (AvgIpc) is 2.79. The number of rotatable bonds is 9. The third kappa shape index (κ3) is 6.44. The van der Waals surface area contributed by atoms with Gasteiger partial charge < -0.3 is 14.5 Å². The number of esters is 1. The first kappa shape index (κ1) is 25.0. The summed E-state index contributed by atoms with van der Waals surface area (Å²) in [5.41, 5.74) is 5.21. The molecule has 0 aliphatic carbocycles. The number of carbonyl (C=O) groups excluding carboxylic acids is 2. The maximum Gasteiger partial charge on any atom is 0.362 e. The fraction of sp³-hybridized carbons (Fsp3) is 0.500. The number of nitrogens with one attached hydrogen (secondary N) is 1. The van der Waals surface area contributed by atoms with Crippen LogP contribution in [0, 0.1) is 20.8 Å². The highest BCUT2D eigenvalue weighted by Gasteiger charge is 2.44. The minimum atomic E-state index is -0.264. The molecule has 1 unspecified atom stereocenters. The quantitative estimate of drug-likeness (QED) is 0.407. The predicted octanol–water partition coefficient (Wildman–Crippen LogP) is 5.46. The largest absolute Gasteiger partial charge is 0.457 e. The molecule has 1 aliphatic rings. The minimum Gasteiger partial charge on any atom is -0.457 e. The molecule has 1 heterocycles. The van der Waals surface area contributed by atoms with E-state index in [1.165, 1.54) is 5.56 Å². The molecule has 5 heteroatoms. The highest BCUT2D eigenvalue weighted by molar-refractivity contribution is 5.95. The lowest BCUT2D eigenvalue weighted by atomic mass is 9.98. The number of carbonyl (C=O) groups is 2. The van der Waals surface area contributed by atoms with Crippen molar-refractivity contribution >= 4 is 17.6 Å². The van der Waals surface area contributed by atoms with Crippen molar-refractivity contribution < 1.29 is 18.8 Å². The summed E-state index contributed by atoms with van der Waals surface area (Å²) in [6.07, 6.45) is 4.85. The van der Waals surface area contributed by atoms with Crippen molar-refractivity contribution in [1.29, 1.82) is 0 Å². The topological polar surface area (TPSA) is 55.4 Å². The second-order valence-electron chi connectivity index (χ2n) is 9.60. The van der Waals surface area contributed by atoms with E-state index in [9.17, 15) is 9.59 Å². The Kier molecular flexibility index (Phi) is 8.67. The van der Waals surface area contributed by atoms with E-state index in [0.29, 0.717) is 4.48 Å². The number of likely N-dealkylation sites (tertiary alicyclic amines) is 1. The smallest absolute Gasteiger partial charge is 0.362 e. The van der Waals surface area contributed by atoms with Gasteiger partial charge in [0.05, 0.1) is 13.1 Å². The molecule has 5 nitrogen and oxygen atoms in total. The molecule has 1 fully saturated rings. The van der Waals surface area contributed by atoms with Gasteiger partial charge in [0.15, 0.2) is 12.6 Å². The lowest BCUT2D eigenvalue weighted by molar-refractivity contribution is -0.940. The number of nitrogens with zero attached hydrogens (tertiary/aromatic N) is 1. The monoisotopic (exact) mass is 451 g/mol. The highest BCUT2D eigenvalue weighted by atomic mass is 16.5. The Morgan fingerprint density at radius 3 is 2.24 bits per heavy atom. The van der Waals surface area contributed by atoms with Gasteiger partial charge in [0.1, 0.15) is 6.61 Å². The average molecular weight is 452 g/mol. The highest BCUT2D eigenvalue weighted by Crippen LogP contribution is 2.29. The molecule has 1 amide bonds. The van der Waals surface area contributed by atoms with Crippen molar-refractivity contribution in [2.24, 2.45) is 0 Å². The van der Waals surface area contributed by atoms with Crippen molar-refractivity contribution in [3.05, 3.63) is 64.7 Å². The number of anilines is 1.